The van der Waals surface area contributed by atoms with Crippen molar-refractivity contribution in [3.05, 3.63) is 18.1 Å². The summed E-state index contributed by atoms with van der Waals surface area (Å²) in [4.78, 5) is 7.86. The second-order valence-electron chi connectivity index (χ2n) is 3.79. The Labute approximate surface area is 93.2 Å². The second-order valence-corrected chi connectivity index (χ2v) is 5.97. The van der Waals surface area contributed by atoms with Crippen LogP contribution in [0.5, 0.6) is 5.88 Å². The highest BCUT2D eigenvalue weighted by Crippen LogP contribution is 2.35. The van der Waals surface area contributed by atoms with Crippen LogP contribution in [0.1, 0.15) is 12.1 Å². The van der Waals surface area contributed by atoms with E-state index in [-0.39, 0.29) is 29.5 Å². The quantitative estimate of drug-likeness (QED) is 0.753. The number of aliphatic hydroxyl groups is 1. The topological polar surface area (TPSA) is 89.4 Å². The van der Waals surface area contributed by atoms with Gasteiger partial charge >= 0.3 is 0 Å². The van der Waals surface area contributed by atoms with Crippen molar-refractivity contribution >= 4 is 9.84 Å². The predicted octanol–water partition coefficient (Wildman–Crippen LogP) is -0.509. The number of methoxy groups -OCH3 is 1. The summed E-state index contributed by atoms with van der Waals surface area (Å²) in [6.45, 7) is 0. The van der Waals surface area contributed by atoms with Crippen LogP contribution in [0.2, 0.25) is 0 Å². The van der Waals surface area contributed by atoms with Crippen molar-refractivity contribution in [2.75, 3.05) is 18.6 Å². The fourth-order valence-corrected chi connectivity index (χ4v) is 3.61. The molecule has 1 unspecified atom stereocenters. The van der Waals surface area contributed by atoms with Crippen molar-refractivity contribution in [2.45, 2.75) is 12.0 Å². The van der Waals surface area contributed by atoms with E-state index in [1.165, 1.54) is 19.5 Å². The third-order valence-electron chi connectivity index (χ3n) is 2.58. The van der Waals surface area contributed by atoms with Crippen LogP contribution in [0.15, 0.2) is 12.4 Å². The maximum atomic E-state index is 11.4. The van der Waals surface area contributed by atoms with E-state index in [4.69, 9.17) is 4.74 Å². The maximum absolute atomic E-state index is 11.4. The maximum Gasteiger partial charge on any atom is 0.238 e. The second kappa shape index (κ2) is 3.67. The average molecular weight is 244 g/mol. The third kappa shape index (κ3) is 1.88. The van der Waals surface area contributed by atoms with Crippen LogP contribution in [0.4, 0.5) is 0 Å². The molecule has 1 aromatic heterocycles. The smallest absolute Gasteiger partial charge is 0.238 e. The van der Waals surface area contributed by atoms with Crippen LogP contribution in [0.3, 0.4) is 0 Å². The van der Waals surface area contributed by atoms with E-state index in [1.807, 2.05) is 0 Å². The van der Waals surface area contributed by atoms with Crippen LogP contribution in [-0.4, -0.2) is 42.1 Å². The summed E-state index contributed by atoms with van der Waals surface area (Å²) < 4.78 is 27.7. The summed E-state index contributed by atoms with van der Waals surface area (Å²) in [5, 5.41) is 10.2. The van der Waals surface area contributed by atoms with Gasteiger partial charge in [-0.1, -0.05) is 0 Å². The molecule has 1 saturated heterocycles. The molecule has 0 bridgehead atoms. The lowest BCUT2D eigenvalue weighted by atomic mass is 9.99. The van der Waals surface area contributed by atoms with Crippen molar-refractivity contribution < 1.29 is 18.3 Å². The van der Waals surface area contributed by atoms with Gasteiger partial charge in [0.25, 0.3) is 0 Å². The molecule has 1 N–H and O–H groups in total. The summed E-state index contributed by atoms with van der Waals surface area (Å²) in [5.74, 6) is -0.194. The largest absolute Gasteiger partial charge is 0.480 e. The Morgan fingerprint density at radius 3 is 2.69 bits per heavy atom. The summed E-state index contributed by atoms with van der Waals surface area (Å²) in [5.41, 5.74) is -1.28. The molecule has 1 aliphatic rings. The van der Waals surface area contributed by atoms with Gasteiger partial charge in [-0.25, -0.2) is 13.4 Å². The summed E-state index contributed by atoms with van der Waals surface area (Å²) >= 11 is 0. The standard InChI is InChI=1S/C9H12N2O4S/c1-15-8-7(10-3-4-11-8)9(12)2-5-16(13,14)6-9/h3-4,12H,2,5-6H2,1H3. The highest BCUT2D eigenvalue weighted by molar-refractivity contribution is 7.91. The minimum atomic E-state index is -3.20. The monoisotopic (exact) mass is 244 g/mol. The first-order valence-electron chi connectivity index (χ1n) is 4.75. The Balaban J connectivity index is 2.45. The number of hydrogen-bond donors (Lipinski definition) is 1. The molecule has 0 amide bonds. The molecule has 16 heavy (non-hydrogen) atoms. The van der Waals surface area contributed by atoms with Gasteiger partial charge in [-0.05, 0) is 6.42 Å². The van der Waals surface area contributed by atoms with Gasteiger partial charge in [0, 0.05) is 12.4 Å². The van der Waals surface area contributed by atoms with Crippen molar-refractivity contribution in [1.29, 1.82) is 0 Å². The molecule has 2 rings (SSSR count). The zero-order chi connectivity index (χ0) is 11.8. The van der Waals surface area contributed by atoms with E-state index in [9.17, 15) is 13.5 Å². The molecular formula is C9H12N2O4S. The molecule has 0 aromatic carbocycles. The number of hydrogen-bond acceptors (Lipinski definition) is 6. The highest BCUT2D eigenvalue weighted by Gasteiger charge is 2.45. The zero-order valence-electron chi connectivity index (χ0n) is 8.75. The lowest BCUT2D eigenvalue weighted by molar-refractivity contribution is 0.0569. The van der Waals surface area contributed by atoms with Gasteiger partial charge < -0.3 is 9.84 Å². The third-order valence-corrected chi connectivity index (χ3v) is 4.33. The number of sulfone groups is 1. The number of rotatable bonds is 2. The zero-order valence-corrected chi connectivity index (χ0v) is 9.57. The van der Waals surface area contributed by atoms with Gasteiger partial charge in [-0.2, -0.15) is 0 Å². The van der Waals surface area contributed by atoms with Crippen molar-refractivity contribution in [2.24, 2.45) is 0 Å². The molecule has 6 nitrogen and oxygen atoms in total. The molecule has 7 heteroatoms. The van der Waals surface area contributed by atoms with Crippen LogP contribution in [0.25, 0.3) is 0 Å². The average Bonchev–Trinajstić information content (AvgIpc) is 2.54. The minimum absolute atomic E-state index is 0.0385. The van der Waals surface area contributed by atoms with Gasteiger partial charge in [0.2, 0.25) is 5.88 Å². The van der Waals surface area contributed by atoms with Crippen LogP contribution in [-0.2, 0) is 15.4 Å². The Bertz CT molecular complexity index is 502. The molecule has 0 radical (unpaired) electrons. The van der Waals surface area contributed by atoms with E-state index >= 15 is 0 Å². The predicted molar refractivity (Wildman–Crippen MR) is 55.8 cm³/mol. The molecule has 1 aromatic rings. The highest BCUT2D eigenvalue weighted by atomic mass is 32.2. The van der Waals surface area contributed by atoms with Gasteiger partial charge in [0.15, 0.2) is 9.84 Å². The summed E-state index contributed by atoms with van der Waals surface area (Å²) in [6.07, 6.45) is 2.96. The van der Waals surface area contributed by atoms with Crippen LogP contribution < -0.4 is 4.74 Å². The van der Waals surface area contributed by atoms with E-state index in [0.29, 0.717) is 0 Å². The first kappa shape index (κ1) is 11.3. The van der Waals surface area contributed by atoms with Crippen molar-refractivity contribution in [3.8, 4) is 5.88 Å². The lowest BCUT2D eigenvalue weighted by Crippen LogP contribution is -2.29. The Hall–Kier alpha value is -1.21. The SMILES string of the molecule is COc1nccnc1C1(O)CCS(=O)(=O)C1. The molecule has 1 aliphatic heterocycles. The molecule has 2 heterocycles. The Kier molecular flexibility index (Phi) is 2.59. The lowest BCUT2D eigenvalue weighted by Gasteiger charge is -2.20. The number of ether oxygens (including phenoxy) is 1. The first-order valence-corrected chi connectivity index (χ1v) is 6.57. The number of aromatic nitrogens is 2. The molecular weight excluding hydrogens is 232 g/mol. The number of nitrogens with zero attached hydrogens (tertiary/aromatic N) is 2. The van der Waals surface area contributed by atoms with Crippen molar-refractivity contribution in [1.82, 2.24) is 9.97 Å². The van der Waals surface area contributed by atoms with Gasteiger partial charge in [-0.3, -0.25) is 4.98 Å². The molecule has 0 aliphatic carbocycles. The Morgan fingerprint density at radius 2 is 2.12 bits per heavy atom. The molecule has 88 valence electrons. The Morgan fingerprint density at radius 1 is 1.44 bits per heavy atom. The summed E-state index contributed by atoms with van der Waals surface area (Å²) in [7, 11) is -1.80. The normalized spacial score (nSPS) is 27.9. The molecule has 1 atom stereocenters. The summed E-state index contributed by atoms with van der Waals surface area (Å²) in [6, 6.07) is 0. The van der Waals surface area contributed by atoms with Crippen LogP contribution >= 0.6 is 0 Å². The van der Waals surface area contributed by atoms with Gasteiger partial charge in [0.05, 0.1) is 18.6 Å². The first-order chi connectivity index (χ1) is 7.47. The fraction of sp³-hybridized carbons (Fsp3) is 0.556. The fourth-order valence-electron chi connectivity index (χ4n) is 1.81. The van der Waals surface area contributed by atoms with Gasteiger partial charge in [0.1, 0.15) is 11.3 Å². The van der Waals surface area contributed by atoms with Crippen molar-refractivity contribution in [3.63, 3.8) is 0 Å². The molecule has 0 spiro atoms. The van der Waals surface area contributed by atoms with Gasteiger partial charge in [-0.15, -0.1) is 0 Å². The van der Waals surface area contributed by atoms with E-state index in [1.54, 1.807) is 0 Å². The van der Waals surface area contributed by atoms with E-state index in [0.717, 1.165) is 0 Å². The van der Waals surface area contributed by atoms with Crippen LogP contribution in [0, 0.1) is 0 Å². The molecule has 1 fully saturated rings. The minimum Gasteiger partial charge on any atom is -0.480 e. The van der Waals surface area contributed by atoms with E-state index in [2.05, 4.69) is 9.97 Å². The molecule has 0 saturated carbocycles. The van der Waals surface area contributed by atoms with E-state index < -0.39 is 15.4 Å².